The van der Waals surface area contributed by atoms with E-state index in [2.05, 4.69) is 4.98 Å². The van der Waals surface area contributed by atoms with Crippen molar-refractivity contribution < 1.29 is 22.0 Å². The lowest BCUT2D eigenvalue weighted by Gasteiger charge is -2.38. The molecule has 0 radical (unpaired) electrons. The Morgan fingerprint density at radius 2 is 1.64 bits per heavy atom. The van der Waals surface area contributed by atoms with Crippen LogP contribution in [-0.4, -0.2) is 39.9 Å². The van der Waals surface area contributed by atoms with Gasteiger partial charge in [-0.25, -0.2) is 13.8 Å². The Morgan fingerprint density at radius 3 is 2.18 bits per heavy atom. The van der Waals surface area contributed by atoms with Gasteiger partial charge in [-0.15, -0.1) is 0 Å². The predicted molar refractivity (Wildman–Crippen MR) is 138 cm³/mol. The topological polar surface area (TPSA) is 64.1 Å². The van der Waals surface area contributed by atoms with Crippen molar-refractivity contribution >= 4 is 5.95 Å². The lowest BCUT2D eigenvalue weighted by Crippen LogP contribution is -2.47. The molecule has 10 heteroatoms. The third-order valence-electron chi connectivity index (χ3n) is 7.45. The molecule has 2 N–H and O–H groups in total. The molecule has 1 aromatic heterocycles. The summed E-state index contributed by atoms with van der Waals surface area (Å²) in [6.07, 6.45) is -3.04. The Morgan fingerprint density at radius 1 is 1.03 bits per heavy atom. The molecule has 2 unspecified atom stereocenters. The maximum absolute atomic E-state index is 14.3. The van der Waals surface area contributed by atoms with Gasteiger partial charge in [-0.3, -0.25) is 14.3 Å². The molecular weight excluding hydrogens is 515 g/mol. The Kier molecular flexibility index (Phi) is 7.40. The minimum Gasteiger partial charge on any atom is -0.369 e. The van der Waals surface area contributed by atoms with Crippen LogP contribution in [0.2, 0.25) is 0 Å². The molecule has 0 spiro atoms. The van der Waals surface area contributed by atoms with Crippen LogP contribution in [0.3, 0.4) is 0 Å². The van der Waals surface area contributed by atoms with Crippen molar-refractivity contribution in [1.29, 1.82) is 0 Å². The van der Waals surface area contributed by atoms with Crippen LogP contribution < -0.4 is 11.3 Å². The standard InChI is InChI=1S/C29H27F5N4O/c30-16-25(20-11-12-22(23(31)15-20)29(32,33)34)37-14-13-24-21(17-37)27(39)38(28(35)36-24)26(18-7-3-1-4-8-18)19-9-5-2-6-10-19/h1-10,12,15,20,25-26H,11,13-14,16-17H2,(H2,35,36). The van der Waals surface area contributed by atoms with Gasteiger partial charge in [-0.2, -0.15) is 13.2 Å². The van der Waals surface area contributed by atoms with E-state index in [1.54, 1.807) is 4.90 Å². The van der Waals surface area contributed by atoms with Gasteiger partial charge in [-0.1, -0.05) is 66.7 Å². The molecule has 2 atom stereocenters. The van der Waals surface area contributed by atoms with Gasteiger partial charge in [0.15, 0.2) is 0 Å². The molecule has 204 valence electrons. The van der Waals surface area contributed by atoms with Crippen LogP contribution in [0.4, 0.5) is 27.9 Å². The predicted octanol–water partition coefficient (Wildman–Crippen LogP) is 5.52. The first-order valence-electron chi connectivity index (χ1n) is 12.6. The van der Waals surface area contributed by atoms with E-state index in [1.165, 1.54) is 4.57 Å². The first-order valence-corrected chi connectivity index (χ1v) is 12.6. The largest absolute Gasteiger partial charge is 0.418 e. The SMILES string of the molecule is Nc1nc2c(c(=O)n1C(c1ccccc1)c1ccccc1)CN(C(CF)C1C=C(F)C(C(F)(F)F)=CC1)CC2. The number of nitrogens with zero attached hydrogens (tertiary/aromatic N) is 3. The van der Waals surface area contributed by atoms with E-state index < -0.39 is 42.3 Å². The summed E-state index contributed by atoms with van der Waals surface area (Å²) < 4.78 is 69.2. The van der Waals surface area contributed by atoms with Gasteiger partial charge in [0.05, 0.1) is 22.9 Å². The average Bonchev–Trinajstić information content (AvgIpc) is 2.92. The van der Waals surface area contributed by atoms with Crippen LogP contribution in [0.15, 0.2) is 89.0 Å². The average molecular weight is 543 g/mol. The summed E-state index contributed by atoms with van der Waals surface area (Å²) in [5.41, 5.74) is 7.14. The Balaban J connectivity index is 1.50. The quantitative estimate of drug-likeness (QED) is 0.417. The number of aromatic nitrogens is 2. The third-order valence-corrected chi connectivity index (χ3v) is 7.45. The lowest BCUT2D eigenvalue weighted by atomic mass is 9.88. The maximum atomic E-state index is 14.3. The number of fused-ring (bicyclic) bond motifs is 1. The number of hydrogen-bond donors (Lipinski definition) is 1. The molecule has 1 aliphatic heterocycles. The molecule has 5 nitrogen and oxygen atoms in total. The van der Waals surface area contributed by atoms with E-state index >= 15 is 0 Å². The molecule has 0 bridgehead atoms. The normalized spacial score (nSPS) is 18.9. The fraction of sp³-hybridized carbons (Fsp3) is 0.310. The molecule has 3 aromatic rings. The van der Waals surface area contributed by atoms with Gasteiger partial charge in [0.1, 0.15) is 12.5 Å². The highest BCUT2D eigenvalue weighted by Crippen LogP contribution is 2.38. The van der Waals surface area contributed by atoms with Crippen molar-refractivity contribution in [3.63, 3.8) is 0 Å². The highest BCUT2D eigenvalue weighted by Gasteiger charge is 2.40. The second-order valence-corrected chi connectivity index (χ2v) is 9.77. The first-order chi connectivity index (χ1) is 18.7. The van der Waals surface area contributed by atoms with Crippen molar-refractivity contribution in [2.75, 3.05) is 19.0 Å². The number of nitrogens with two attached hydrogens (primary N) is 1. The number of rotatable bonds is 6. The second-order valence-electron chi connectivity index (χ2n) is 9.77. The van der Waals surface area contributed by atoms with Crippen LogP contribution >= 0.6 is 0 Å². The van der Waals surface area contributed by atoms with E-state index in [4.69, 9.17) is 5.73 Å². The molecule has 2 aromatic carbocycles. The smallest absolute Gasteiger partial charge is 0.369 e. The molecule has 0 fully saturated rings. The molecule has 0 amide bonds. The minimum absolute atomic E-state index is 0.0220. The van der Waals surface area contributed by atoms with E-state index in [0.717, 1.165) is 23.3 Å². The number of hydrogen-bond acceptors (Lipinski definition) is 4. The fourth-order valence-corrected chi connectivity index (χ4v) is 5.52. The van der Waals surface area contributed by atoms with E-state index in [1.807, 2.05) is 60.7 Å². The number of alkyl halides is 4. The number of anilines is 1. The monoisotopic (exact) mass is 542 g/mol. The summed E-state index contributed by atoms with van der Waals surface area (Å²) in [5, 5.41) is 0. The highest BCUT2D eigenvalue weighted by atomic mass is 19.4. The van der Waals surface area contributed by atoms with Gasteiger partial charge in [0, 0.05) is 31.5 Å². The first kappa shape index (κ1) is 26.8. The summed E-state index contributed by atoms with van der Waals surface area (Å²) in [6.45, 7) is -0.583. The van der Waals surface area contributed by atoms with Crippen molar-refractivity contribution in [2.45, 2.75) is 37.6 Å². The van der Waals surface area contributed by atoms with Crippen molar-refractivity contribution in [2.24, 2.45) is 5.92 Å². The van der Waals surface area contributed by atoms with Crippen LogP contribution in [0.25, 0.3) is 0 Å². The fourth-order valence-electron chi connectivity index (χ4n) is 5.52. The maximum Gasteiger partial charge on any atom is 0.418 e. The molecule has 2 heterocycles. The summed E-state index contributed by atoms with van der Waals surface area (Å²) >= 11 is 0. The Labute approximate surface area is 222 Å². The van der Waals surface area contributed by atoms with Crippen molar-refractivity contribution in [1.82, 2.24) is 14.5 Å². The lowest BCUT2D eigenvalue weighted by molar-refractivity contribution is -0.0918. The van der Waals surface area contributed by atoms with Crippen molar-refractivity contribution in [3.05, 3.63) is 117 Å². The summed E-state index contributed by atoms with van der Waals surface area (Å²) in [7, 11) is 0. The zero-order valence-corrected chi connectivity index (χ0v) is 20.9. The number of allylic oxidation sites excluding steroid dienone is 3. The highest BCUT2D eigenvalue weighted by molar-refractivity contribution is 5.39. The molecule has 2 aliphatic rings. The van der Waals surface area contributed by atoms with E-state index in [-0.39, 0.29) is 24.5 Å². The van der Waals surface area contributed by atoms with Crippen LogP contribution in [-0.2, 0) is 13.0 Å². The molecule has 5 rings (SSSR count). The molecule has 0 saturated heterocycles. The van der Waals surface area contributed by atoms with Crippen molar-refractivity contribution in [3.8, 4) is 0 Å². The molecule has 1 aliphatic carbocycles. The van der Waals surface area contributed by atoms with E-state index in [9.17, 15) is 26.7 Å². The van der Waals surface area contributed by atoms with Gasteiger partial charge in [0.2, 0.25) is 5.95 Å². The minimum atomic E-state index is -4.81. The summed E-state index contributed by atoms with van der Waals surface area (Å²) in [4.78, 5) is 20.2. The van der Waals surface area contributed by atoms with Gasteiger partial charge in [0.25, 0.3) is 5.56 Å². The van der Waals surface area contributed by atoms with Crippen LogP contribution in [0.1, 0.15) is 34.8 Å². The number of benzene rings is 2. The van der Waals surface area contributed by atoms with Crippen LogP contribution in [0, 0.1) is 5.92 Å². The number of nitrogen functional groups attached to an aromatic ring is 1. The van der Waals surface area contributed by atoms with Gasteiger partial charge in [-0.05, 0) is 23.6 Å². The summed E-state index contributed by atoms with van der Waals surface area (Å²) in [5.74, 6) is -2.16. The number of halogens is 5. The van der Waals surface area contributed by atoms with E-state index in [0.29, 0.717) is 24.2 Å². The second kappa shape index (κ2) is 10.8. The zero-order chi connectivity index (χ0) is 27.7. The zero-order valence-electron chi connectivity index (χ0n) is 20.9. The Bertz CT molecular complexity index is 1410. The molecule has 0 saturated carbocycles. The van der Waals surface area contributed by atoms with Gasteiger partial charge >= 0.3 is 6.18 Å². The van der Waals surface area contributed by atoms with Crippen LogP contribution in [0.5, 0.6) is 0 Å². The van der Waals surface area contributed by atoms with Gasteiger partial charge < -0.3 is 5.73 Å². The Hall–Kier alpha value is -3.79. The summed E-state index contributed by atoms with van der Waals surface area (Å²) in [6, 6.07) is 17.3. The molecule has 39 heavy (non-hydrogen) atoms. The molecular formula is C29H27F5N4O. The third kappa shape index (κ3) is 5.25.